The number of ether oxygens (including phenoxy) is 1. The third kappa shape index (κ3) is 3.39. The lowest BCUT2D eigenvalue weighted by atomic mass is 9.81. The molecule has 1 aliphatic rings. The van der Waals surface area contributed by atoms with Gasteiger partial charge in [0.25, 0.3) is 0 Å². The summed E-state index contributed by atoms with van der Waals surface area (Å²) in [6, 6.07) is 7.22. The van der Waals surface area contributed by atoms with Crippen molar-refractivity contribution in [1.29, 1.82) is 0 Å². The second-order valence-electron chi connectivity index (χ2n) is 5.98. The van der Waals surface area contributed by atoms with E-state index in [1.807, 2.05) is 12.1 Å². The average Bonchev–Trinajstić information content (AvgIpc) is 2.66. The SMILES string of the molecule is CCNC(Cc1ccc(F)cc1)C1C(C)OC(C)C1C. The van der Waals surface area contributed by atoms with Gasteiger partial charge >= 0.3 is 0 Å². The van der Waals surface area contributed by atoms with Crippen LogP contribution in [0.4, 0.5) is 4.39 Å². The van der Waals surface area contributed by atoms with Gasteiger partial charge in [0.05, 0.1) is 12.2 Å². The molecule has 0 saturated carbocycles. The van der Waals surface area contributed by atoms with Crippen molar-refractivity contribution in [3.63, 3.8) is 0 Å². The van der Waals surface area contributed by atoms with Crippen molar-refractivity contribution >= 4 is 0 Å². The monoisotopic (exact) mass is 279 g/mol. The summed E-state index contributed by atoms with van der Waals surface area (Å²) < 4.78 is 19.0. The molecule has 1 aliphatic heterocycles. The zero-order valence-electron chi connectivity index (χ0n) is 12.9. The highest BCUT2D eigenvalue weighted by Crippen LogP contribution is 2.35. The molecule has 1 aromatic carbocycles. The molecule has 2 nitrogen and oxygen atoms in total. The van der Waals surface area contributed by atoms with E-state index in [4.69, 9.17) is 4.74 Å². The number of hydrogen-bond acceptors (Lipinski definition) is 2. The fraction of sp³-hybridized carbons (Fsp3) is 0.647. The van der Waals surface area contributed by atoms with Crippen LogP contribution in [0, 0.1) is 17.7 Å². The summed E-state index contributed by atoms with van der Waals surface area (Å²) >= 11 is 0. The topological polar surface area (TPSA) is 21.3 Å². The summed E-state index contributed by atoms with van der Waals surface area (Å²) in [5, 5.41) is 3.60. The number of rotatable bonds is 5. The van der Waals surface area contributed by atoms with E-state index in [-0.39, 0.29) is 11.9 Å². The first kappa shape index (κ1) is 15.5. The van der Waals surface area contributed by atoms with Crippen LogP contribution in [-0.2, 0) is 11.2 Å². The van der Waals surface area contributed by atoms with Crippen molar-refractivity contribution < 1.29 is 9.13 Å². The molecule has 0 spiro atoms. The summed E-state index contributed by atoms with van der Waals surface area (Å²) in [5.41, 5.74) is 1.18. The number of likely N-dealkylation sites (N-methyl/N-ethyl adjacent to an activating group) is 1. The normalized spacial score (nSPS) is 31.4. The molecule has 112 valence electrons. The molecule has 5 unspecified atom stereocenters. The van der Waals surface area contributed by atoms with Crippen molar-refractivity contribution in [3.8, 4) is 0 Å². The summed E-state index contributed by atoms with van der Waals surface area (Å²) in [7, 11) is 0. The smallest absolute Gasteiger partial charge is 0.123 e. The lowest BCUT2D eigenvalue weighted by Gasteiger charge is -2.30. The zero-order valence-corrected chi connectivity index (χ0v) is 12.9. The van der Waals surface area contributed by atoms with Crippen LogP contribution in [0.15, 0.2) is 24.3 Å². The second kappa shape index (κ2) is 6.68. The molecule has 5 atom stereocenters. The first-order valence-corrected chi connectivity index (χ1v) is 7.66. The highest BCUT2D eigenvalue weighted by molar-refractivity contribution is 5.18. The molecule has 2 rings (SSSR count). The third-order valence-electron chi connectivity index (χ3n) is 4.62. The molecule has 1 aromatic rings. The predicted octanol–water partition coefficient (Wildman–Crippen LogP) is 3.41. The van der Waals surface area contributed by atoms with Gasteiger partial charge in [-0.1, -0.05) is 26.0 Å². The molecule has 1 N–H and O–H groups in total. The summed E-state index contributed by atoms with van der Waals surface area (Å²) in [6.45, 7) is 9.66. The van der Waals surface area contributed by atoms with Gasteiger partial charge in [-0.2, -0.15) is 0 Å². The Balaban J connectivity index is 2.12. The maximum absolute atomic E-state index is 13.0. The summed E-state index contributed by atoms with van der Waals surface area (Å²) in [5.74, 6) is 0.859. The highest BCUT2D eigenvalue weighted by atomic mass is 19.1. The van der Waals surface area contributed by atoms with Gasteiger partial charge in [-0.15, -0.1) is 0 Å². The van der Waals surface area contributed by atoms with Crippen molar-refractivity contribution in [1.82, 2.24) is 5.32 Å². The Labute approximate surface area is 121 Å². The first-order chi connectivity index (χ1) is 9.52. The molecule has 1 fully saturated rings. The maximum Gasteiger partial charge on any atom is 0.123 e. The molecule has 0 bridgehead atoms. The van der Waals surface area contributed by atoms with Gasteiger partial charge in [0.15, 0.2) is 0 Å². The third-order valence-corrected chi connectivity index (χ3v) is 4.62. The Morgan fingerprint density at radius 2 is 1.80 bits per heavy atom. The van der Waals surface area contributed by atoms with Crippen LogP contribution in [0.3, 0.4) is 0 Å². The van der Waals surface area contributed by atoms with E-state index in [2.05, 4.69) is 33.0 Å². The van der Waals surface area contributed by atoms with Gasteiger partial charge in [-0.25, -0.2) is 4.39 Å². The highest BCUT2D eigenvalue weighted by Gasteiger charge is 2.41. The number of halogens is 1. The average molecular weight is 279 g/mol. The lowest BCUT2D eigenvalue weighted by Crippen LogP contribution is -2.43. The van der Waals surface area contributed by atoms with Gasteiger partial charge in [0.1, 0.15) is 5.82 Å². The van der Waals surface area contributed by atoms with Crippen LogP contribution >= 0.6 is 0 Å². The van der Waals surface area contributed by atoms with Crippen LogP contribution < -0.4 is 5.32 Å². The van der Waals surface area contributed by atoms with E-state index < -0.39 is 0 Å². The largest absolute Gasteiger partial charge is 0.375 e. The standard InChI is InChI=1S/C17H26FNO/c1-5-19-16(10-14-6-8-15(18)9-7-14)17-11(2)12(3)20-13(17)4/h6-9,11-13,16-17,19H,5,10H2,1-4H3. The number of benzene rings is 1. The van der Waals surface area contributed by atoms with E-state index in [1.165, 1.54) is 5.56 Å². The Morgan fingerprint density at radius 1 is 1.15 bits per heavy atom. The molecule has 1 saturated heterocycles. The van der Waals surface area contributed by atoms with Crippen LogP contribution in [0.1, 0.15) is 33.3 Å². The Bertz CT molecular complexity index is 420. The van der Waals surface area contributed by atoms with Crippen molar-refractivity contribution in [2.45, 2.75) is 52.4 Å². The molecule has 20 heavy (non-hydrogen) atoms. The minimum atomic E-state index is -0.173. The van der Waals surface area contributed by atoms with E-state index in [1.54, 1.807) is 12.1 Å². The van der Waals surface area contributed by atoms with Gasteiger partial charge in [0.2, 0.25) is 0 Å². The van der Waals surface area contributed by atoms with Crippen LogP contribution in [0.25, 0.3) is 0 Å². The van der Waals surface area contributed by atoms with Gasteiger partial charge in [-0.3, -0.25) is 0 Å². The Kier molecular flexibility index (Phi) is 5.17. The Hall–Kier alpha value is -0.930. The maximum atomic E-state index is 13.0. The van der Waals surface area contributed by atoms with Crippen molar-refractivity contribution in [2.24, 2.45) is 11.8 Å². The fourth-order valence-electron chi connectivity index (χ4n) is 3.47. The number of nitrogens with one attached hydrogen (secondary N) is 1. The minimum absolute atomic E-state index is 0.173. The van der Waals surface area contributed by atoms with Crippen molar-refractivity contribution in [2.75, 3.05) is 6.54 Å². The summed E-state index contributed by atoms with van der Waals surface area (Å²) in [4.78, 5) is 0. The molecule has 0 radical (unpaired) electrons. The number of hydrogen-bond donors (Lipinski definition) is 1. The second-order valence-corrected chi connectivity index (χ2v) is 5.98. The molecule has 0 aliphatic carbocycles. The molecule has 0 amide bonds. The molecular weight excluding hydrogens is 253 g/mol. The molecule has 0 aromatic heterocycles. The summed E-state index contributed by atoms with van der Waals surface area (Å²) in [6.07, 6.45) is 1.50. The fourth-order valence-corrected chi connectivity index (χ4v) is 3.47. The van der Waals surface area contributed by atoms with Gasteiger partial charge in [-0.05, 0) is 50.4 Å². The first-order valence-electron chi connectivity index (χ1n) is 7.66. The van der Waals surface area contributed by atoms with E-state index in [0.717, 1.165) is 13.0 Å². The predicted molar refractivity (Wildman–Crippen MR) is 80.2 cm³/mol. The zero-order chi connectivity index (χ0) is 14.7. The lowest BCUT2D eigenvalue weighted by molar-refractivity contribution is 0.0476. The molecule has 1 heterocycles. The van der Waals surface area contributed by atoms with E-state index >= 15 is 0 Å². The van der Waals surface area contributed by atoms with Gasteiger partial charge < -0.3 is 10.1 Å². The van der Waals surface area contributed by atoms with Crippen LogP contribution in [0.2, 0.25) is 0 Å². The minimum Gasteiger partial charge on any atom is -0.375 e. The van der Waals surface area contributed by atoms with Crippen molar-refractivity contribution in [3.05, 3.63) is 35.6 Å². The molecular formula is C17H26FNO. The van der Waals surface area contributed by atoms with Crippen LogP contribution in [0.5, 0.6) is 0 Å². The van der Waals surface area contributed by atoms with Gasteiger partial charge in [0, 0.05) is 12.0 Å². The van der Waals surface area contributed by atoms with E-state index in [9.17, 15) is 4.39 Å². The van der Waals surface area contributed by atoms with E-state index in [0.29, 0.717) is 24.0 Å². The Morgan fingerprint density at radius 3 is 2.30 bits per heavy atom. The quantitative estimate of drug-likeness (QED) is 0.892. The van der Waals surface area contributed by atoms with Crippen LogP contribution in [-0.4, -0.2) is 24.8 Å². The molecule has 3 heteroatoms.